The minimum absolute atomic E-state index is 0.274. The van der Waals surface area contributed by atoms with E-state index < -0.39 is 0 Å². The van der Waals surface area contributed by atoms with Crippen molar-refractivity contribution in [3.8, 4) is 5.75 Å². The highest BCUT2D eigenvalue weighted by molar-refractivity contribution is 6.02. The van der Waals surface area contributed by atoms with E-state index in [4.69, 9.17) is 9.15 Å². The van der Waals surface area contributed by atoms with E-state index in [1.165, 1.54) is 6.26 Å². The number of ether oxygens (including phenoxy) is 1. The van der Waals surface area contributed by atoms with Crippen molar-refractivity contribution in [3.63, 3.8) is 0 Å². The number of amides is 1. The zero-order valence-corrected chi connectivity index (χ0v) is 9.47. The van der Waals surface area contributed by atoms with E-state index in [0.29, 0.717) is 12.3 Å². The third-order valence-electron chi connectivity index (χ3n) is 2.15. The number of furan rings is 1. The average Bonchev–Trinajstić information content (AvgIpc) is 2.83. The molecule has 2 aromatic rings. The van der Waals surface area contributed by atoms with Gasteiger partial charge in [-0.25, -0.2) is 0 Å². The summed E-state index contributed by atoms with van der Waals surface area (Å²) >= 11 is 0. The van der Waals surface area contributed by atoms with Crippen LogP contribution in [0.25, 0.3) is 0 Å². The lowest BCUT2D eigenvalue weighted by molar-refractivity contribution is 0.0996. The summed E-state index contributed by atoms with van der Waals surface area (Å²) in [5.74, 6) is 0.736. The molecule has 1 heterocycles. The van der Waals surface area contributed by atoms with Crippen LogP contribution in [0.2, 0.25) is 0 Å². The fourth-order valence-corrected chi connectivity index (χ4v) is 1.43. The Bertz CT molecular complexity index is 491. The first-order valence-electron chi connectivity index (χ1n) is 5.37. The Morgan fingerprint density at radius 2 is 2.24 bits per heavy atom. The minimum Gasteiger partial charge on any atom is -0.494 e. The summed E-state index contributed by atoms with van der Waals surface area (Å²) in [5, 5.41) is 2.73. The Morgan fingerprint density at radius 3 is 2.94 bits per heavy atom. The topological polar surface area (TPSA) is 51.5 Å². The zero-order valence-electron chi connectivity index (χ0n) is 9.47. The molecule has 0 aliphatic heterocycles. The molecule has 0 fully saturated rings. The van der Waals surface area contributed by atoms with Crippen LogP contribution < -0.4 is 10.1 Å². The van der Waals surface area contributed by atoms with E-state index >= 15 is 0 Å². The van der Waals surface area contributed by atoms with Gasteiger partial charge >= 0.3 is 0 Å². The fraction of sp³-hybridized carbons (Fsp3) is 0.154. The Hall–Kier alpha value is -2.23. The van der Waals surface area contributed by atoms with E-state index in [-0.39, 0.29) is 11.7 Å². The normalized spacial score (nSPS) is 9.94. The number of hydrogen-bond acceptors (Lipinski definition) is 3. The maximum atomic E-state index is 11.7. The van der Waals surface area contributed by atoms with Gasteiger partial charge in [0, 0.05) is 11.8 Å². The molecule has 0 spiro atoms. The summed E-state index contributed by atoms with van der Waals surface area (Å²) in [6, 6.07) is 10.5. The van der Waals surface area contributed by atoms with Crippen LogP contribution in [0.1, 0.15) is 17.5 Å². The van der Waals surface area contributed by atoms with Crippen LogP contribution >= 0.6 is 0 Å². The van der Waals surface area contributed by atoms with Crippen LogP contribution in [0.3, 0.4) is 0 Å². The second kappa shape index (κ2) is 5.21. The van der Waals surface area contributed by atoms with E-state index in [2.05, 4.69) is 5.32 Å². The molecule has 1 aromatic carbocycles. The molecule has 0 saturated heterocycles. The van der Waals surface area contributed by atoms with Gasteiger partial charge in [-0.05, 0) is 31.2 Å². The number of nitrogens with one attached hydrogen (secondary N) is 1. The third kappa shape index (κ3) is 2.87. The van der Waals surface area contributed by atoms with Gasteiger partial charge in [0.25, 0.3) is 5.91 Å². The molecule has 0 saturated carbocycles. The number of carbonyl (C=O) groups excluding carboxylic acids is 1. The quantitative estimate of drug-likeness (QED) is 0.880. The SMILES string of the molecule is CCOc1cccc(NC(=O)c2ccco2)c1. The van der Waals surface area contributed by atoms with Crippen molar-refractivity contribution in [2.24, 2.45) is 0 Å². The van der Waals surface area contributed by atoms with Gasteiger partial charge in [0.05, 0.1) is 12.9 Å². The van der Waals surface area contributed by atoms with Gasteiger partial charge in [-0.2, -0.15) is 0 Å². The molecular formula is C13H13NO3. The summed E-state index contributed by atoms with van der Waals surface area (Å²) in [6.45, 7) is 2.50. The van der Waals surface area contributed by atoms with E-state index in [1.54, 1.807) is 24.3 Å². The molecule has 4 nitrogen and oxygen atoms in total. The summed E-state index contributed by atoms with van der Waals surface area (Å²) in [7, 11) is 0. The highest BCUT2D eigenvalue weighted by Crippen LogP contribution is 2.18. The van der Waals surface area contributed by atoms with Gasteiger partial charge in [0.2, 0.25) is 0 Å². The van der Waals surface area contributed by atoms with E-state index in [1.807, 2.05) is 19.1 Å². The lowest BCUT2D eigenvalue weighted by Crippen LogP contribution is -2.10. The van der Waals surface area contributed by atoms with Gasteiger partial charge in [0.15, 0.2) is 5.76 Å². The zero-order chi connectivity index (χ0) is 12.1. The smallest absolute Gasteiger partial charge is 0.291 e. The van der Waals surface area contributed by atoms with Crippen molar-refractivity contribution in [1.82, 2.24) is 0 Å². The molecule has 0 aliphatic carbocycles. The van der Waals surface area contributed by atoms with Crippen LogP contribution in [0, 0.1) is 0 Å². The largest absolute Gasteiger partial charge is 0.494 e. The molecule has 0 atom stereocenters. The average molecular weight is 231 g/mol. The summed E-state index contributed by atoms with van der Waals surface area (Å²) in [5.41, 5.74) is 0.678. The van der Waals surface area contributed by atoms with Gasteiger partial charge in [0.1, 0.15) is 5.75 Å². The Morgan fingerprint density at radius 1 is 1.35 bits per heavy atom. The third-order valence-corrected chi connectivity index (χ3v) is 2.15. The van der Waals surface area contributed by atoms with Crippen LogP contribution in [0.5, 0.6) is 5.75 Å². The maximum Gasteiger partial charge on any atom is 0.291 e. The number of benzene rings is 1. The van der Waals surface area contributed by atoms with Gasteiger partial charge in [-0.3, -0.25) is 4.79 Å². The molecule has 88 valence electrons. The molecule has 1 amide bonds. The molecule has 0 radical (unpaired) electrons. The molecule has 0 bridgehead atoms. The lowest BCUT2D eigenvalue weighted by Gasteiger charge is -2.06. The van der Waals surface area contributed by atoms with Crippen LogP contribution in [-0.4, -0.2) is 12.5 Å². The number of rotatable bonds is 4. The van der Waals surface area contributed by atoms with Crippen LogP contribution in [0.4, 0.5) is 5.69 Å². The predicted octanol–water partition coefficient (Wildman–Crippen LogP) is 2.93. The molecule has 0 aliphatic rings. The van der Waals surface area contributed by atoms with Crippen molar-refractivity contribution in [2.45, 2.75) is 6.92 Å². The van der Waals surface area contributed by atoms with Crippen LogP contribution in [0.15, 0.2) is 47.1 Å². The summed E-state index contributed by atoms with van der Waals surface area (Å²) in [4.78, 5) is 11.7. The molecule has 2 rings (SSSR count). The van der Waals surface area contributed by atoms with Crippen molar-refractivity contribution in [3.05, 3.63) is 48.4 Å². The molecule has 1 aromatic heterocycles. The van der Waals surface area contributed by atoms with Crippen LogP contribution in [-0.2, 0) is 0 Å². The van der Waals surface area contributed by atoms with Crippen molar-refractivity contribution >= 4 is 11.6 Å². The monoisotopic (exact) mass is 231 g/mol. The van der Waals surface area contributed by atoms with E-state index in [0.717, 1.165) is 5.75 Å². The van der Waals surface area contributed by atoms with Gasteiger partial charge in [-0.15, -0.1) is 0 Å². The van der Waals surface area contributed by atoms with Crippen molar-refractivity contribution in [1.29, 1.82) is 0 Å². The summed E-state index contributed by atoms with van der Waals surface area (Å²) in [6.07, 6.45) is 1.46. The van der Waals surface area contributed by atoms with E-state index in [9.17, 15) is 4.79 Å². The second-order valence-electron chi connectivity index (χ2n) is 3.39. The Balaban J connectivity index is 2.08. The highest BCUT2D eigenvalue weighted by atomic mass is 16.5. The Labute approximate surface area is 99.2 Å². The lowest BCUT2D eigenvalue weighted by atomic mass is 10.3. The number of hydrogen-bond donors (Lipinski definition) is 1. The van der Waals surface area contributed by atoms with Crippen molar-refractivity contribution in [2.75, 3.05) is 11.9 Å². The number of anilines is 1. The molecule has 17 heavy (non-hydrogen) atoms. The van der Waals surface area contributed by atoms with Gasteiger partial charge in [-0.1, -0.05) is 6.07 Å². The first-order valence-corrected chi connectivity index (χ1v) is 5.37. The summed E-state index contributed by atoms with van der Waals surface area (Å²) < 4.78 is 10.3. The fourth-order valence-electron chi connectivity index (χ4n) is 1.43. The predicted molar refractivity (Wildman–Crippen MR) is 64.3 cm³/mol. The maximum absolute atomic E-state index is 11.7. The highest BCUT2D eigenvalue weighted by Gasteiger charge is 2.08. The first kappa shape index (κ1) is 11.3. The standard InChI is InChI=1S/C13H13NO3/c1-2-16-11-6-3-5-10(9-11)14-13(15)12-7-4-8-17-12/h3-9H,2H2,1H3,(H,14,15). The minimum atomic E-state index is -0.274. The molecular weight excluding hydrogens is 218 g/mol. The molecule has 1 N–H and O–H groups in total. The first-order chi connectivity index (χ1) is 8.29. The Kier molecular flexibility index (Phi) is 3.45. The second-order valence-corrected chi connectivity index (χ2v) is 3.39. The number of carbonyl (C=O) groups is 1. The van der Waals surface area contributed by atoms with Crippen molar-refractivity contribution < 1.29 is 13.9 Å². The molecule has 4 heteroatoms. The molecule has 0 unspecified atom stereocenters. The van der Waals surface area contributed by atoms with Gasteiger partial charge < -0.3 is 14.5 Å².